The maximum absolute atomic E-state index is 13.1. The number of carbonyl (C=O) groups is 1. The fraction of sp³-hybridized carbons (Fsp3) is 0.529. The lowest BCUT2D eigenvalue weighted by Gasteiger charge is -2.47. The van der Waals surface area contributed by atoms with Gasteiger partial charge in [0.1, 0.15) is 11.4 Å². The number of halogens is 1. The Morgan fingerprint density at radius 1 is 1.40 bits per heavy atom. The van der Waals surface area contributed by atoms with Gasteiger partial charge in [0.15, 0.2) is 5.84 Å². The standard InChI is InChI=1S/C17H25FN4O3/c1-17(2,3)25-16(23)21(4)13-9-22(10-13)14(15(19)20-24)11-5-7-12(18)8-6-11/h5-8,13-14,24H,9-10H2,1-4H3,(H2,19,20). The minimum Gasteiger partial charge on any atom is -0.444 e. The molecule has 1 saturated heterocycles. The number of amides is 1. The molecule has 1 heterocycles. The van der Waals surface area contributed by atoms with Gasteiger partial charge in [0, 0.05) is 20.1 Å². The second kappa shape index (κ2) is 7.26. The van der Waals surface area contributed by atoms with Gasteiger partial charge in [-0.2, -0.15) is 0 Å². The number of likely N-dealkylation sites (tertiary alicyclic amines) is 1. The van der Waals surface area contributed by atoms with Crippen LogP contribution in [0.2, 0.25) is 0 Å². The Balaban J connectivity index is 2.04. The van der Waals surface area contributed by atoms with Crippen LogP contribution in [0.1, 0.15) is 32.4 Å². The van der Waals surface area contributed by atoms with Gasteiger partial charge in [-0.1, -0.05) is 17.3 Å². The highest BCUT2D eigenvalue weighted by molar-refractivity contribution is 5.86. The van der Waals surface area contributed by atoms with Crippen LogP contribution in [-0.4, -0.2) is 58.7 Å². The Morgan fingerprint density at radius 3 is 2.44 bits per heavy atom. The summed E-state index contributed by atoms with van der Waals surface area (Å²) in [5.74, 6) is -0.335. The van der Waals surface area contributed by atoms with Gasteiger partial charge in [0.05, 0.1) is 12.1 Å². The van der Waals surface area contributed by atoms with Crippen LogP contribution in [0.5, 0.6) is 0 Å². The summed E-state index contributed by atoms with van der Waals surface area (Å²) in [5.41, 5.74) is 5.98. The SMILES string of the molecule is CN(C(=O)OC(C)(C)C)C1CN(C(/C(N)=N/O)c2ccc(F)cc2)C1. The second-order valence-corrected chi connectivity index (χ2v) is 7.18. The van der Waals surface area contributed by atoms with Crippen molar-refractivity contribution in [2.24, 2.45) is 10.9 Å². The molecule has 0 radical (unpaired) electrons. The lowest BCUT2D eigenvalue weighted by molar-refractivity contribution is -0.00894. The van der Waals surface area contributed by atoms with E-state index in [9.17, 15) is 9.18 Å². The van der Waals surface area contributed by atoms with Crippen molar-refractivity contribution in [2.45, 2.75) is 38.5 Å². The molecule has 1 aromatic carbocycles. The molecule has 1 atom stereocenters. The van der Waals surface area contributed by atoms with Crippen LogP contribution in [0.25, 0.3) is 0 Å². The van der Waals surface area contributed by atoms with Crippen LogP contribution < -0.4 is 5.73 Å². The lowest BCUT2D eigenvalue weighted by Crippen LogP contribution is -2.62. The van der Waals surface area contributed by atoms with Gasteiger partial charge in [-0.25, -0.2) is 9.18 Å². The first-order chi connectivity index (χ1) is 11.6. The highest BCUT2D eigenvalue weighted by Crippen LogP contribution is 2.28. The summed E-state index contributed by atoms with van der Waals surface area (Å²) >= 11 is 0. The molecule has 3 N–H and O–H groups in total. The topological polar surface area (TPSA) is 91.4 Å². The summed E-state index contributed by atoms with van der Waals surface area (Å²) < 4.78 is 18.5. The minimum atomic E-state index is -0.556. The number of likely N-dealkylation sites (N-methyl/N-ethyl adjacent to an activating group) is 1. The number of hydrogen-bond acceptors (Lipinski definition) is 5. The summed E-state index contributed by atoms with van der Waals surface area (Å²) in [6, 6.07) is 5.35. The highest BCUT2D eigenvalue weighted by atomic mass is 19.1. The molecule has 1 aliphatic rings. The van der Waals surface area contributed by atoms with Crippen LogP contribution >= 0.6 is 0 Å². The number of benzene rings is 1. The van der Waals surface area contributed by atoms with E-state index in [1.165, 1.54) is 12.1 Å². The average molecular weight is 352 g/mol. The van der Waals surface area contributed by atoms with E-state index in [0.717, 1.165) is 5.56 Å². The molecule has 8 heteroatoms. The Bertz CT molecular complexity index is 636. The smallest absolute Gasteiger partial charge is 0.410 e. The van der Waals surface area contributed by atoms with E-state index < -0.39 is 11.6 Å². The molecule has 0 aliphatic carbocycles. The highest BCUT2D eigenvalue weighted by Gasteiger charge is 2.39. The predicted molar refractivity (Wildman–Crippen MR) is 91.9 cm³/mol. The zero-order valence-corrected chi connectivity index (χ0v) is 14.9. The predicted octanol–water partition coefficient (Wildman–Crippen LogP) is 2.16. The van der Waals surface area contributed by atoms with Gasteiger partial charge < -0.3 is 20.6 Å². The summed E-state index contributed by atoms with van der Waals surface area (Å²) in [5, 5.41) is 12.2. The van der Waals surface area contributed by atoms with E-state index in [-0.39, 0.29) is 23.8 Å². The Morgan fingerprint density at radius 2 is 1.96 bits per heavy atom. The van der Waals surface area contributed by atoms with Crippen molar-refractivity contribution in [3.63, 3.8) is 0 Å². The normalized spacial score (nSPS) is 17.7. The molecule has 1 aliphatic heterocycles. The summed E-state index contributed by atoms with van der Waals surface area (Å²) in [6.07, 6.45) is -0.390. The molecule has 2 rings (SSSR count). The molecule has 0 spiro atoms. The molecule has 138 valence electrons. The average Bonchev–Trinajstić information content (AvgIpc) is 2.48. The number of nitrogens with zero attached hydrogens (tertiary/aromatic N) is 3. The first-order valence-electron chi connectivity index (χ1n) is 8.05. The molecule has 7 nitrogen and oxygen atoms in total. The molecule has 1 unspecified atom stereocenters. The first-order valence-corrected chi connectivity index (χ1v) is 8.05. The monoisotopic (exact) mass is 352 g/mol. The number of oxime groups is 1. The maximum atomic E-state index is 13.1. The number of ether oxygens (including phenoxy) is 1. The lowest BCUT2D eigenvalue weighted by atomic mass is 9.97. The molecule has 0 bridgehead atoms. The van der Waals surface area contributed by atoms with E-state index in [2.05, 4.69) is 5.16 Å². The Labute approximate surface area is 146 Å². The van der Waals surface area contributed by atoms with Gasteiger partial charge in [0.25, 0.3) is 0 Å². The molecule has 0 aromatic heterocycles. The third kappa shape index (κ3) is 4.60. The Hall–Kier alpha value is -2.35. The van der Waals surface area contributed by atoms with Gasteiger partial charge in [-0.05, 0) is 38.5 Å². The van der Waals surface area contributed by atoms with E-state index >= 15 is 0 Å². The third-order valence-corrected chi connectivity index (χ3v) is 4.07. The zero-order chi connectivity index (χ0) is 18.8. The van der Waals surface area contributed by atoms with Crippen molar-refractivity contribution in [2.75, 3.05) is 20.1 Å². The van der Waals surface area contributed by atoms with Crippen molar-refractivity contribution in [3.8, 4) is 0 Å². The minimum absolute atomic E-state index is 0.0185. The van der Waals surface area contributed by atoms with E-state index in [4.69, 9.17) is 15.7 Å². The van der Waals surface area contributed by atoms with Crippen LogP contribution in [0.4, 0.5) is 9.18 Å². The molecular weight excluding hydrogens is 327 g/mol. The van der Waals surface area contributed by atoms with Crippen LogP contribution in [0.15, 0.2) is 29.4 Å². The van der Waals surface area contributed by atoms with E-state index in [1.54, 1.807) is 24.1 Å². The maximum Gasteiger partial charge on any atom is 0.410 e. The van der Waals surface area contributed by atoms with Gasteiger partial charge in [-0.3, -0.25) is 4.90 Å². The third-order valence-electron chi connectivity index (χ3n) is 4.07. The number of rotatable bonds is 4. The van der Waals surface area contributed by atoms with Crippen molar-refractivity contribution in [1.82, 2.24) is 9.80 Å². The quantitative estimate of drug-likeness (QED) is 0.375. The van der Waals surface area contributed by atoms with Crippen LogP contribution in [0.3, 0.4) is 0 Å². The molecule has 1 aromatic rings. The van der Waals surface area contributed by atoms with Crippen molar-refractivity contribution in [1.29, 1.82) is 0 Å². The van der Waals surface area contributed by atoms with Crippen molar-refractivity contribution in [3.05, 3.63) is 35.6 Å². The zero-order valence-electron chi connectivity index (χ0n) is 14.9. The van der Waals surface area contributed by atoms with E-state index in [1.807, 2.05) is 25.7 Å². The molecule has 1 fully saturated rings. The summed E-state index contributed by atoms with van der Waals surface area (Å²) in [4.78, 5) is 15.6. The fourth-order valence-corrected chi connectivity index (χ4v) is 2.70. The van der Waals surface area contributed by atoms with Crippen LogP contribution in [0, 0.1) is 5.82 Å². The van der Waals surface area contributed by atoms with Crippen molar-refractivity contribution >= 4 is 11.9 Å². The second-order valence-electron chi connectivity index (χ2n) is 7.18. The molecular formula is C17H25FN4O3. The van der Waals surface area contributed by atoms with Crippen molar-refractivity contribution < 1.29 is 19.1 Å². The summed E-state index contributed by atoms with van der Waals surface area (Å²) in [6.45, 7) is 6.51. The van der Waals surface area contributed by atoms with Crippen LogP contribution in [-0.2, 0) is 4.74 Å². The summed E-state index contributed by atoms with van der Waals surface area (Å²) in [7, 11) is 1.69. The number of carbonyl (C=O) groups excluding carboxylic acids is 1. The number of hydrogen-bond donors (Lipinski definition) is 2. The largest absolute Gasteiger partial charge is 0.444 e. The van der Waals surface area contributed by atoms with Gasteiger partial charge in [-0.15, -0.1) is 0 Å². The molecule has 0 saturated carbocycles. The van der Waals surface area contributed by atoms with E-state index in [0.29, 0.717) is 13.1 Å². The number of nitrogens with two attached hydrogens (primary N) is 1. The number of amidine groups is 1. The molecule has 1 amide bonds. The first kappa shape index (κ1) is 19.0. The van der Waals surface area contributed by atoms with Gasteiger partial charge >= 0.3 is 6.09 Å². The fourth-order valence-electron chi connectivity index (χ4n) is 2.70. The Kier molecular flexibility index (Phi) is 5.52. The molecule has 25 heavy (non-hydrogen) atoms. The van der Waals surface area contributed by atoms with Gasteiger partial charge in [0.2, 0.25) is 0 Å².